The largest absolute Gasteiger partial charge is 0.408 e. The fourth-order valence-electron chi connectivity index (χ4n) is 1.16. The molecule has 0 saturated carbocycles. The lowest BCUT2D eigenvalue weighted by atomic mass is 10.2. The highest BCUT2D eigenvalue weighted by atomic mass is 35.5. The van der Waals surface area contributed by atoms with Crippen LogP contribution in [0.5, 0.6) is 0 Å². The molecule has 1 aromatic heterocycles. The van der Waals surface area contributed by atoms with Gasteiger partial charge in [0.1, 0.15) is 6.54 Å². The van der Waals surface area contributed by atoms with Crippen molar-refractivity contribution >= 4 is 23.3 Å². The van der Waals surface area contributed by atoms with Crippen LogP contribution >= 0.6 is 11.6 Å². The Morgan fingerprint density at radius 2 is 2.41 bits per heavy atom. The van der Waals surface area contributed by atoms with E-state index in [4.69, 9.17) is 11.6 Å². The Morgan fingerprint density at radius 1 is 1.76 bits per heavy atom. The van der Waals surface area contributed by atoms with Crippen molar-refractivity contribution in [3.05, 3.63) is 21.3 Å². The summed E-state index contributed by atoms with van der Waals surface area (Å²) >= 11 is 5.60. The number of amides is 1. The van der Waals surface area contributed by atoms with E-state index >= 15 is 0 Å². The molecule has 1 rings (SSSR count). The Kier molecular flexibility index (Phi) is 4.45. The Hall–Kier alpha value is -1.63. The highest BCUT2D eigenvalue weighted by molar-refractivity contribution is 6.32. The minimum absolute atomic E-state index is 0.0588. The smallest absolute Gasteiger partial charge is 0.358 e. The lowest BCUT2D eigenvalue weighted by Crippen LogP contribution is -2.34. The first-order valence-electron chi connectivity index (χ1n) is 5.10. The predicted octanol–water partition coefficient (Wildman–Crippen LogP) is 1.36. The van der Waals surface area contributed by atoms with E-state index in [-0.39, 0.29) is 23.5 Å². The van der Waals surface area contributed by atoms with E-state index in [9.17, 15) is 14.9 Å². The van der Waals surface area contributed by atoms with Crippen LogP contribution in [0.1, 0.15) is 20.3 Å². The molecule has 7 nitrogen and oxygen atoms in total. The summed E-state index contributed by atoms with van der Waals surface area (Å²) in [4.78, 5) is 21.3. The number of nitrogens with zero attached hydrogens (tertiary/aromatic N) is 3. The van der Waals surface area contributed by atoms with Crippen molar-refractivity contribution in [1.29, 1.82) is 0 Å². The Balaban J connectivity index is 2.66. The monoisotopic (exact) mass is 260 g/mol. The summed E-state index contributed by atoms with van der Waals surface area (Å²) in [6, 6.07) is 0.0588. The van der Waals surface area contributed by atoms with E-state index < -0.39 is 10.7 Å². The second kappa shape index (κ2) is 5.62. The van der Waals surface area contributed by atoms with Gasteiger partial charge in [-0.15, -0.1) is 0 Å². The summed E-state index contributed by atoms with van der Waals surface area (Å²) in [5, 5.41) is 16.7. The minimum Gasteiger partial charge on any atom is -0.358 e. The highest BCUT2D eigenvalue weighted by Gasteiger charge is 2.20. The normalized spacial score (nSPS) is 12.2. The number of aromatic nitrogens is 2. The first kappa shape index (κ1) is 13.4. The summed E-state index contributed by atoms with van der Waals surface area (Å²) in [5.74, 6) is -0.698. The van der Waals surface area contributed by atoms with Gasteiger partial charge in [0.25, 0.3) is 0 Å². The third kappa shape index (κ3) is 3.70. The van der Waals surface area contributed by atoms with Gasteiger partial charge in [0.05, 0.1) is 11.3 Å². The molecule has 0 saturated heterocycles. The number of carbonyl (C=O) groups excluding carboxylic acids is 1. The lowest BCUT2D eigenvalue weighted by Gasteiger charge is -2.09. The maximum atomic E-state index is 11.5. The van der Waals surface area contributed by atoms with E-state index in [1.54, 1.807) is 0 Å². The molecular weight excluding hydrogens is 248 g/mol. The second-order valence-corrected chi connectivity index (χ2v) is 4.04. The summed E-state index contributed by atoms with van der Waals surface area (Å²) in [7, 11) is 0. The molecule has 0 radical (unpaired) electrons. The quantitative estimate of drug-likeness (QED) is 0.639. The van der Waals surface area contributed by atoms with Crippen LogP contribution < -0.4 is 5.32 Å². The van der Waals surface area contributed by atoms with Crippen LogP contribution in [0.25, 0.3) is 0 Å². The van der Waals surface area contributed by atoms with Crippen LogP contribution in [-0.2, 0) is 11.3 Å². The topological polar surface area (TPSA) is 90.1 Å². The van der Waals surface area contributed by atoms with Gasteiger partial charge in [-0.3, -0.25) is 4.79 Å². The SMILES string of the molecule is CCC(C)NC(=O)Cn1cc(Cl)c([N+](=O)[O-])n1. The lowest BCUT2D eigenvalue weighted by molar-refractivity contribution is -0.389. The summed E-state index contributed by atoms with van der Waals surface area (Å²) in [6.45, 7) is 3.73. The van der Waals surface area contributed by atoms with E-state index in [1.807, 2.05) is 13.8 Å². The van der Waals surface area contributed by atoms with Crippen molar-refractivity contribution in [2.75, 3.05) is 0 Å². The maximum absolute atomic E-state index is 11.5. The zero-order valence-corrected chi connectivity index (χ0v) is 10.3. The molecule has 1 aromatic rings. The minimum atomic E-state index is -0.689. The van der Waals surface area contributed by atoms with Gasteiger partial charge in [0, 0.05) is 6.04 Å². The number of carbonyl (C=O) groups is 1. The molecule has 1 atom stereocenters. The molecule has 1 N–H and O–H groups in total. The van der Waals surface area contributed by atoms with Crippen molar-refractivity contribution in [2.45, 2.75) is 32.9 Å². The van der Waals surface area contributed by atoms with Gasteiger partial charge < -0.3 is 15.4 Å². The average molecular weight is 261 g/mol. The fraction of sp³-hybridized carbons (Fsp3) is 0.556. The number of rotatable bonds is 5. The molecular formula is C9H13ClN4O3. The first-order chi connectivity index (χ1) is 7.93. The van der Waals surface area contributed by atoms with Crippen LogP contribution in [0.15, 0.2) is 6.20 Å². The van der Waals surface area contributed by atoms with Crippen molar-refractivity contribution in [2.24, 2.45) is 0 Å². The highest BCUT2D eigenvalue weighted by Crippen LogP contribution is 2.20. The van der Waals surface area contributed by atoms with Crippen LogP contribution in [0.3, 0.4) is 0 Å². The van der Waals surface area contributed by atoms with Crippen LogP contribution in [-0.4, -0.2) is 26.7 Å². The first-order valence-corrected chi connectivity index (χ1v) is 5.48. The molecule has 0 spiro atoms. The molecule has 1 amide bonds. The molecule has 0 aliphatic heterocycles. The van der Waals surface area contributed by atoms with Crippen LogP contribution in [0.4, 0.5) is 5.82 Å². The van der Waals surface area contributed by atoms with Gasteiger partial charge in [-0.2, -0.15) is 4.68 Å². The van der Waals surface area contributed by atoms with E-state index in [1.165, 1.54) is 6.20 Å². The third-order valence-corrected chi connectivity index (χ3v) is 2.46. The number of hydrogen-bond acceptors (Lipinski definition) is 4. The predicted molar refractivity (Wildman–Crippen MR) is 61.8 cm³/mol. The maximum Gasteiger partial charge on any atom is 0.408 e. The zero-order chi connectivity index (χ0) is 13.0. The number of hydrogen-bond donors (Lipinski definition) is 1. The van der Waals surface area contributed by atoms with Crippen LogP contribution in [0.2, 0.25) is 5.02 Å². The Morgan fingerprint density at radius 3 is 2.88 bits per heavy atom. The fourth-order valence-corrected chi connectivity index (χ4v) is 1.38. The third-order valence-electron chi connectivity index (χ3n) is 2.20. The van der Waals surface area contributed by atoms with Crippen molar-refractivity contribution in [1.82, 2.24) is 15.1 Å². The molecule has 0 aromatic carbocycles. The van der Waals surface area contributed by atoms with Crippen molar-refractivity contribution < 1.29 is 9.72 Å². The van der Waals surface area contributed by atoms with Crippen molar-refractivity contribution in [3.63, 3.8) is 0 Å². The molecule has 0 aliphatic carbocycles. The van der Waals surface area contributed by atoms with Gasteiger partial charge in [0.15, 0.2) is 5.02 Å². The van der Waals surface area contributed by atoms with Gasteiger partial charge in [-0.1, -0.05) is 18.5 Å². The summed E-state index contributed by atoms with van der Waals surface area (Å²) in [6.07, 6.45) is 2.07. The molecule has 0 bridgehead atoms. The van der Waals surface area contributed by atoms with Gasteiger partial charge in [-0.25, -0.2) is 0 Å². The molecule has 1 heterocycles. The van der Waals surface area contributed by atoms with Crippen molar-refractivity contribution in [3.8, 4) is 0 Å². The van der Waals surface area contributed by atoms with E-state index in [2.05, 4.69) is 10.4 Å². The van der Waals surface area contributed by atoms with Gasteiger partial charge in [0.2, 0.25) is 5.91 Å². The molecule has 1 unspecified atom stereocenters. The van der Waals surface area contributed by atoms with Gasteiger partial charge in [-0.05, 0) is 18.3 Å². The molecule has 17 heavy (non-hydrogen) atoms. The number of nitrogens with one attached hydrogen (secondary N) is 1. The summed E-state index contributed by atoms with van der Waals surface area (Å²) < 4.78 is 1.15. The molecule has 0 aliphatic rings. The van der Waals surface area contributed by atoms with Gasteiger partial charge >= 0.3 is 5.82 Å². The second-order valence-electron chi connectivity index (χ2n) is 3.63. The summed E-state index contributed by atoms with van der Waals surface area (Å²) in [5.41, 5.74) is 0. The van der Waals surface area contributed by atoms with E-state index in [0.717, 1.165) is 11.1 Å². The zero-order valence-electron chi connectivity index (χ0n) is 9.51. The molecule has 8 heteroatoms. The number of nitro groups is 1. The van der Waals surface area contributed by atoms with E-state index in [0.29, 0.717) is 0 Å². The van der Waals surface area contributed by atoms with Crippen LogP contribution in [0, 0.1) is 10.1 Å². The molecule has 0 fully saturated rings. The molecule has 94 valence electrons. The average Bonchev–Trinajstić information content (AvgIpc) is 2.59. The Bertz CT molecular complexity index is 432. The Labute approximate surface area is 103 Å². The number of halogens is 1. The standard InChI is InChI=1S/C9H13ClN4O3/c1-3-6(2)11-8(15)5-13-4-7(10)9(12-13)14(16)17/h4,6H,3,5H2,1-2H3,(H,11,15).